The van der Waals surface area contributed by atoms with Gasteiger partial charge in [-0.2, -0.15) is 0 Å². The summed E-state index contributed by atoms with van der Waals surface area (Å²) in [5.41, 5.74) is 8.00. The van der Waals surface area contributed by atoms with Gasteiger partial charge < -0.3 is 11.1 Å². The Balaban J connectivity index is 2.75. The van der Waals surface area contributed by atoms with Crippen LogP contribution in [0.5, 0.6) is 0 Å². The van der Waals surface area contributed by atoms with E-state index < -0.39 is 0 Å². The smallest absolute Gasteiger partial charge is 0.224 e. The van der Waals surface area contributed by atoms with E-state index >= 15 is 0 Å². The fraction of sp³-hybridized carbons (Fsp3) is 0.333. The second-order valence-electron chi connectivity index (χ2n) is 3.95. The first-order chi connectivity index (χ1) is 7.90. The van der Waals surface area contributed by atoms with Crippen LogP contribution in [0.2, 0.25) is 5.02 Å². The molecule has 0 aromatic heterocycles. The number of nitrogens with one attached hydrogen (secondary N) is 1. The fourth-order valence-electron chi connectivity index (χ4n) is 1.51. The molecule has 1 aromatic carbocycles. The Bertz CT molecular complexity index is 437. The van der Waals surface area contributed by atoms with Crippen molar-refractivity contribution in [1.29, 1.82) is 0 Å². The minimum atomic E-state index is -0.133. The molecule has 0 aliphatic carbocycles. The molecule has 17 heavy (non-hydrogen) atoms. The second-order valence-corrected chi connectivity index (χ2v) is 4.88. The van der Waals surface area contributed by atoms with Gasteiger partial charge in [0.05, 0.1) is 15.7 Å². The maximum atomic E-state index is 11.6. The summed E-state index contributed by atoms with van der Waals surface area (Å²) in [6.07, 6.45) is 0.683. The van der Waals surface area contributed by atoms with Crippen LogP contribution >= 0.6 is 23.8 Å². The molecule has 3 nitrogen and oxygen atoms in total. The van der Waals surface area contributed by atoms with Crippen molar-refractivity contribution in [2.24, 2.45) is 5.73 Å². The van der Waals surface area contributed by atoms with E-state index in [9.17, 15) is 4.79 Å². The van der Waals surface area contributed by atoms with Crippen molar-refractivity contribution in [3.05, 3.63) is 28.3 Å². The highest BCUT2D eigenvalue weighted by Crippen LogP contribution is 2.27. The SMILES string of the molecule is Cc1cc(C)c(NC(=O)CCC(N)=S)c(Cl)c1. The summed E-state index contributed by atoms with van der Waals surface area (Å²) in [6, 6.07) is 3.78. The molecule has 1 rings (SSSR count). The van der Waals surface area contributed by atoms with Crippen molar-refractivity contribution < 1.29 is 4.79 Å². The summed E-state index contributed by atoms with van der Waals surface area (Å²) in [6.45, 7) is 3.86. The molecule has 92 valence electrons. The summed E-state index contributed by atoms with van der Waals surface area (Å²) in [5, 5.41) is 3.32. The number of hydrogen-bond donors (Lipinski definition) is 2. The third kappa shape index (κ3) is 4.32. The highest BCUT2D eigenvalue weighted by molar-refractivity contribution is 7.80. The van der Waals surface area contributed by atoms with Gasteiger partial charge >= 0.3 is 0 Å². The van der Waals surface area contributed by atoms with Crippen molar-refractivity contribution in [1.82, 2.24) is 0 Å². The molecule has 3 N–H and O–H groups in total. The van der Waals surface area contributed by atoms with Crippen molar-refractivity contribution in [2.45, 2.75) is 26.7 Å². The van der Waals surface area contributed by atoms with E-state index in [0.717, 1.165) is 11.1 Å². The Morgan fingerprint density at radius 3 is 2.59 bits per heavy atom. The number of halogens is 1. The lowest BCUT2D eigenvalue weighted by molar-refractivity contribution is -0.116. The number of aryl methyl sites for hydroxylation is 2. The Kier molecular flexibility index (Phi) is 4.90. The topological polar surface area (TPSA) is 55.1 Å². The molecule has 0 fully saturated rings. The lowest BCUT2D eigenvalue weighted by Gasteiger charge is -2.11. The van der Waals surface area contributed by atoms with E-state index in [4.69, 9.17) is 29.6 Å². The Morgan fingerprint density at radius 1 is 1.41 bits per heavy atom. The van der Waals surface area contributed by atoms with Crippen LogP contribution in [-0.2, 0) is 4.79 Å². The summed E-state index contributed by atoms with van der Waals surface area (Å²) >= 11 is 10.8. The normalized spacial score (nSPS) is 10.1. The van der Waals surface area contributed by atoms with Gasteiger partial charge in [-0.25, -0.2) is 0 Å². The van der Waals surface area contributed by atoms with Gasteiger partial charge in [-0.3, -0.25) is 4.79 Å². The predicted molar refractivity (Wildman–Crippen MR) is 75.6 cm³/mol. The number of thiocarbonyl (C=S) groups is 1. The number of carbonyl (C=O) groups excluding carboxylic acids is 1. The van der Waals surface area contributed by atoms with Crippen LogP contribution in [0.3, 0.4) is 0 Å². The zero-order chi connectivity index (χ0) is 13.0. The molecule has 5 heteroatoms. The summed E-state index contributed by atoms with van der Waals surface area (Å²) < 4.78 is 0. The highest BCUT2D eigenvalue weighted by Gasteiger charge is 2.09. The lowest BCUT2D eigenvalue weighted by atomic mass is 10.1. The molecule has 0 atom stereocenters. The van der Waals surface area contributed by atoms with Gasteiger partial charge in [-0.15, -0.1) is 0 Å². The van der Waals surface area contributed by atoms with Crippen molar-refractivity contribution in [3.63, 3.8) is 0 Å². The Morgan fingerprint density at radius 2 is 2.06 bits per heavy atom. The number of benzene rings is 1. The van der Waals surface area contributed by atoms with E-state index in [1.807, 2.05) is 26.0 Å². The maximum absolute atomic E-state index is 11.6. The Hall–Kier alpha value is -1.13. The Labute approximate surface area is 111 Å². The molecule has 0 spiro atoms. The number of carbonyl (C=O) groups is 1. The molecule has 0 aliphatic rings. The number of anilines is 1. The maximum Gasteiger partial charge on any atom is 0.224 e. The van der Waals surface area contributed by atoms with Crippen molar-refractivity contribution in [3.8, 4) is 0 Å². The molecule has 1 amide bonds. The number of hydrogen-bond acceptors (Lipinski definition) is 2. The van der Waals surface area contributed by atoms with Gasteiger partial charge in [0.2, 0.25) is 5.91 Å². The first-order valence-electron chi connectivity index (χ1n) is 5.25. The third-order valence-electron chi connectivity index (χ3n) is 2.29. The zero-order valence-electron chi connectivity index (χ0n) is 9.84. The molecule has 0 aliphatic heterocycles. The molecule has 0 heterocycles. The first-order valence-corrected chi connectivity index (χ1v) is 6.03. The van der Waals surface area contributed by atoms with Gasteiger partial charge in [0.15, 0.2) is 0 Å². The van der Waals surface area contributed by atoms with Gasteiger partial charge in [0.25, 0.3) is 0 Å². The van der Waals surface area contributed by atoms with E-state index in [-0.39, 0.29) is 12.3 Å². The minimum Gasteiger partial charge on any atom is -0.393 e. The van der Waals surface area contributed by atoms with Crippen molar-refractivity contribution >= 4 is 40.4 Å². The number of nitrogens with two attached hydrogens (primary N) is 1. The quantitative estimate of drug-likeness (QED) is 0.827. The van der Waals surface area contributed by atoms with Crippen LogP contribution in [-0.4, -0.2) is 10.9 Å². The van der Waals surface area contributed by atoms with Gasteiger partial charge in [0, 0.05) is 12.8 Å². The van der Waals surface area contributed by atoms with E-state index in [2.05, 4.69) is 5.32 Å². The average Bonchev–Trinajstić information content (AvgIpc) is 2.20. The zero-order valence-corrected chi connectivity index (χ0v) is 11.4. The molecular weight excluding hydrogens is 256 g/mol. The summed E-state index contributed by atoms with van der Waals surface area (Å²) in [5.74, 6) is -0.133. The average molecular weight is 271 g/mol. The minimum absolute atomic E-state index is 0.133. The lowest BCUT2D eigenvalue weighted by Crippen LogP contribution is -2.16. The largest absolute Gasteiger partial charge is 0.393 e. The molecule has 0 saturated carbocycles. The van der Waals surface area contributed by atoms with Crippen LogP contribution in [0.4, 0.5) is 5.69 Å². The van der Waals surface area contributed by atoms with Crippen LogP contribution < -0.4 is 11.1 Å². The van der Waals surface area contributed by atoms with E-state index in [1.54, 1.807) is 0 Å². The monoisotopic (exact) mass is 270 g/mol. The summed E-state index contributed by atoms with van der Waals surface area (Å²) in [7, 11) is 0. The first kappa shape index (κ1) is 13.9. The second kappa shape index (κ2) is 5.98. The van der Waals surface area contributed by atoms with Crippen LogP contribution in [0.15, 0.2) is 12.1 Å². The third-order valence-corrected chi connectivity index (χ3v) is 2.80. The molecule has 0 bridgehead atoms. The molecule has 0 radical (unpaired) electrons. The molecule has 0 unspecified atom stereocenters. The summed E-state index contributed by atoms with van der Waals surface area (Å²) in [4.78, 5) is 12.0. The molecule has 1 aromatic rings. The van der Waals surface area contributed by atoms with Crippen molar-refractivity contribution in [2.75, 3.05) is 5.32 Å². The molecule has 0 saturated heterocycles. The number of amides is 1. The van der Waals surface area contributed by atoms with Crippen LogP contribution in [0, 0.1) is 13.8 Å². The van der Waals surface area contributed by atoms with Gasteiger partial charge in [0.1, 0.15) is 0 Å². The van der Waals surface area contributed by atoms with E-state index in [0.29, 0.717) is 22.1 Å². The fourth-order valence-corrected chi connectivity index (χ4v) is 1.98. The van der Waals surface area contributed by atoms with Crippen LogP contribution in [0.25, 0.3) is 0 Å². The highest BCUT2D eigenvalue weighted by atomic mass is 35.5. The number of rotatable bonds is 4. The van der Waals surface area contributed by atoms with E-state index in [1.165, 1.54) is 0 Å². The standard InChI is InChI=1S/C12H15ClN2OS/c1-7-5-8(2)12(9(13)6-7)15-11(16)4-3-10(14)17/h5-6H,3-4H2,1-2H3,(H2,14,17)(H,15,16). The van der Waals surface area contributed by atoms with Gasteiger partial charge in [-0.1, -0.05) is 29.9 Å². The predicted octanol–water partition coefficient (Wildman–Crippen LogP) is 2.96. The van der Waals surface area contributed by atoms with Gasteiger partial charge in [-0.05, 0) is 31.0 Å². The molecular formula is C12H15ClN2OS. The van der Waals surface area contributed by atoms with Crippen LogP contribution in [0.1, 0.15) is 24.0 Å².